The number of nitriles is 1. The Morgan fingerprint density at radius 1 is 1.39 bits per heavy atom. The van der Waals surface area contributed by atoms with Gasteiger partial charge in [0.25, 0.3) is 0 Å². The Bertz CT molecular complexity index is 636. The van der Waals surface area contributed by atoms with Crippen molar-refractivity contribution in [2.45, 2.75) is 10.6 Å². The largest absolute Gasteiger partial charge is 0.396 e. The van der Waals surface area contributed by atoms with Crippen LogP contribution in [0.25, 0.3) is 0 Å². The molecule has 0 aliphatic carbocycles. The molecule has 0 aliphatic rings. The highest BCUT2D eigenvalue weighted by Gasteiger charge is 2.09. The predicted octanol–water partition coefficient (Wildman–Crippen LogP) is 1.24. The summed E-state index contributed by atoms with van der Waals surface area (Å²) < 4.78 is 12.1. The number of hydrogen-bond acceptors (Lipinski definition) is 5. The Kier molecular flexibility index (Phi) is 3.65. The fourth-order valence-electron chi connectivity index (χ4n) is 1.46. The van der Waals surface area contributed by atoms with Crippen molar-refractivity contribution in [3.05, 3.63) is 48.0 Å². The first-order valence-electron chi connectivity index (χ1n) is 5.13. The zero-order chi connectivity index (χ0) is 13.0. The SMILES string of the molecule is N#Cc1cc(CS(=O)c2ccncc2N)ccn1. The summed E-state index contributed by atoms with van der Waals surface area (Å²) in [6.07, 6.45) is 4.55. The lowest BCUT2D eigenvalue weighted by Crippen LogP contribution is -2.01. The van der Waals surface area contributed by atoms with Gasteiger partial charge in [-0.3, -0.25) is 9.19 Å². The van der Waals surface area contributed by atoms with Gasteiger partial charge in [0.05, 0.1) is 33.3 Å². The Hall–Kier alpha value is -2.26. The van der Waals surface area contributed by atoms with Crippen molar-refractivity contribution in [3.63, 3.8) is 0 Å². The highest BCUT2D eigenvalue weighted by molar-refractivity contribution is 7.84. The van der Waals surface area contributed by atoms with Crippen molar-refractivity contribution in [2.75, 3.05) is 5.73 Å². The maximum atomic E-state index is 12.1. The summed E-state index contributed by atoms with van der Waals surface area (Å²) in [5.41, 5.74) is 7.22. The predicted molar refractivity (Wildman–Crippen MR) is 67.7 cm³/mol. The van der Waals surface area contributed by atoms with Crippen LogP contribution < -0.4 is 5.73 Å². The molecule has 0 bridgehead atoms. The lowest BCUT2D eigenvalue weighted by molar-refractivity contribution is 0.682. The molecule has 0 spiro atoms. The number of nitrogens with two attached hydrogens (primary N) is 1. The summed E-state index contributed by atoms with van der Waals surface area (Å²) in [6.45, 7) is 0. The average Bonchev–Trinajstić information content (AvgIpc) is 2.39. The van der Waals surface area contributed by atoms with E-state index in [0.717, 1.165) is 5.56 Å². The molecule has 0 aliphatic heterocycles. The van der Waals surface area contributed by atoms with Crippen molar-refractivity contribution in [2.24, 2.45) is 0 Å². The molecule has 0 saturated carbocycles. The minimum atomic E-state index is -1.26. The minimum absolute atomic E-state index is 0.297. The van der Waals surface area contributed by atoms with Crippen LogP contribution in [0, 0.1) is 11.3 Å². The van der Waals surface area contributed by atoms with Gasteiger partial charge in [-0.1, -0.05) is 0 Å². The molecule has 0 amide bonds. The number of pyridine rings is 2. The first kappa shape index (κ1) is 12.2. The molecule has 0 radical (unpaired) electrons. The second-order valence-corrected chi connectivity index (χ2v) is 4.98. The molecule has 6 heteroatoms. The molecule has 1 atom stereocenters. The van der Waals surface area contributed by atoms with E-state index in [1.807, 2.05) is 6.07 Å². The van der Waals surface area contributed by atoms with Crippen molar-refractivity contribution >= 4 is 16.5 Å². The van der Waals surface area contributed by atoms with Crippen LogP contribution in [0.1, 0.15) is 11.3 Å². The maximum Gasteiger partial charge on any atom is 0.140 e. The van der Waals surface area contributed by atoms with Crippen molar-refractivity contribution in [1.29, 1.82) is 5.26 Å². The van der Waals surface area contributed by atoms with Crippen molar-refractivity contribution < 1.29 is 4.21 Å². The van der Waals surface area contributed by atoms with Crippen molar-refractivity contribution in [1.82, 2.24) is 9.97 Å². The third kappa shape index (κ3) is 2.70. The summed E-state index contributed by atoms with van der Waals surface area (Å²) in [5.74, 6) is 0.297. The van der Waals surface area contributed by atoms with Gasteiger partial charge in [-0.2, -0.15) is 5.26 Å². The van der Waals surface area contributed by atoms with Crippen LogP contribution in [-0.4, -0.2) is 14.2 Å². The number of rotatable bonds is 3. The van der Waals surface area contributed by atoms with Crippen LogP contribution in [0.15, 0.2) is 41.7 Å². The fraction of sp³-hybridized carbons (Fsp3) is 0.0833. The zero-order valence-corrected chi connectivity index (χ0v) is 10.2. The van der Waals surface area contributed by atoms with Gasteiger partial charge < -0.3 is 5.73 Å². The normalized spacial score (nSPS) is 11.7. The van der Waals surface area contributed by atoms with Crippen LogP contribution in [0.5, 0.6) is 0 Å². The van der Waals surface area contributed by atoms with Gasteiger partial charge >= 0.3 is 0 Å². The molecule has 2 aromatic heterocycles. The van der Waals surface area contributed by atoms with Gasteiger partial charge in [0.1, 0.15) is 11.8 Å². The Morgan fingerprint density at radius 3 is 2.94 bits per heavy atom. The van der Waals surface area contributed by atoms with E-state index in [0.29, 0.717) is 22.0 Å². The lowest BCUT2D eigenvalue weighted by atomic mass is 10.2. The van der Waals surface area contributed by atoms with E-state index >= 15 is 0 Å². The molecule has 0 saturated heterocycles. The monoisotopic (exact) mass is 258 g/mol. The van der Waals surface area contributed by atoms with Crippen LogP contribution in [-0.2, 0) is 16.6 Å². The molecular weight excluding hydrogens is 248 g/mol. The van der Waals surface area contributed by atoms with Gasteiger partial charge in [-0.05, 0) is 23.8 Å². The Labute approximate surface area is 107 Å². The van der Waals surface area contributed by atoms with Crippen LogP contribution >= 0.6 is 0 Å². The molecule has 0 aromatic carbocycles. The first-order valence-corrected chi connectivity index (χ1v) is 6.45. The molecule has 90 valence electrons. The summed E-state index contributed by atoms with van der Waals surface area (Å²) >= 11 is 0. The Balaban J connectivity index is 2.22. The molecule has 2 rings (SSSR count). The standard InChI is InChI=1S/C12H10N4OS/c13-6-10-5-9(1-4-16-10)8-18(17)12-2-3-15-7-11(12)14/h1-5,7H,8,14H2. The van der Waals surface area contributed by atoms with E-state index in [9.17, 15) is 4.21 Å². The molecular formula is C12H10N4OS. The molecule has 1 unspecified atom stereocenters. The quantitative estimate of drug-likeness (QED) is 0.894. The molecule has 18 heavy (non-hydrogen) atoms. The number of nitrogens with zero attached hydrogens (tertiary/aromatic N) is 3. The van der Waals surface area contributed by atoms with E-state index in [2.05, 4.69) is 9.97 Å². The molecule has 2 N–H and O–H groups in total. The van der Waals surface area contributed by atoms with Gasteiger partial charge in [0, 0.05) is 12.4 Å². The number of anilines is 1. The molecule has 5 nitrogen and oxygen atoms in total. The molecule has 2 heterocycles. The van der Waals surface area contributed by atoms with E-state index in [1.54, 1.807) is 24.4 Å². The van der Waals surface area contributed by atoms with Gasteiger partial charge in [0.2, 0.25) is 0 Å². The number of nitrogen functional groups attached to an aromatic ring is 1. The van der Waals surface area contributed by atoms with Gasteiger partial charge in [-0.25, -0.2) is 4.98 Å². The minimum Gasteiger partial charge on any atom is -0.396 e. The first-order chi connectivity index (χ1) is 8.70. The summed E-state index contributed by atoms with van der Waals surface area (Å²) in [6, 6.07) is 6.94. The Morgan fingerprint density at radius 2 is 2.22 bits per heavy atom. The second-order valence-electron chi connectivity index (χ2n) is 3.56. The fourth-order valence-corrected chi connectivity index (χ4v) is 2.62. The third-order valence-corrected chi connectivity index (χ3v) is 3.75. The van der Waals surface area contributed by atoms with Crippen LogP contribution in [0.3, 0.4) is 0 Å². The average molecular weight is 258 g/mol. The summed E-state index contributed by atoms with van der Waals surface area (Å²) in [7, 11) is -1.26. The van der Waals surface area contributed by atoms with E-state index in [-0.39, 0.29) is 0 Å². The van der Waals surface area contributed by atoms with E-state index < -0.39 is 10.8 Å². The third-order valence-electron chi connectivity index (χ3n) is 2.29. The summed E-state index contributed by atoms with van der Waals surface area (Å²) in [5, 5.41) is 8.74. The number of aromatic nitrogens is 2. The lowest BCUT2D eigenvalue weighted by Gasteiger charge is -2.05. The molecule has 0 fully saturated rings. The second kappa shape index (κ2) is 5.38. The van der Waals surface area contributed by atoms with Gasteiger partial charge in [0.15, 0.2) is 0 Å². The number of hydrogen-bond donors (Lipinski definition) is 1. The highest BCUT2D eigenvalue weighted by Crippen LogP contribution is 2.17. The van der Waals surface area contributed by atoms with Crippen molar-refractivity contribution in [3.8, 4) is 6.07 Å². The maximum absolute atomic E-state index is 12.1. The highest BCUT2D eigenvalue weighted by atomic mass is 32.2. The zero-order valence-electron chi connectivity index (χ0n) is 9.41. The van der Waals surface area contributed by atoms with E-state index in [4.69, 9.17) is 11.0 Å². The van der Waals surface area contributed by atoms with E-state index in [1.165, 1.54) is 12.4 Å². The molecule has 2 aromatic rings. The van der Waals surface area contributed by atoms with Crippen LogP contribution in [0.2, 0.25) is 0 Å². The topological polar surface area (TPSA) is 92.7 Å². The van der Waals surface area contributed by atoms with Gasteiger partial charge in [-0.15, -0.1) is 0 Å². The van der Waals surface area contributed by atoms with Crippen LogP contribution in [0.4, 0.5) is 5.69 Å². The summed E-state index contributed by atoms with van der Waals surface area (Å²) in [4.78, 5) is 8.27. The smallest absolute Gasteiger partial charge is 0.140 e.